The summed E-state index contributed by atoms with van der Waals surface area (Å²) < 4.78 is 11.0. The number of fused-ring (bicyclic) bond motifs is 1. The third-order valence-electron chi connectivity index (χ3n) is 3.34. The molecule has 0 saturated carbocycles. The number of hydrogen-bond acceptors (Lipinski definition) is 3. The van der Waals surface area contributed by atoms with Crippen LogP contribution in [0.3, 0.4) is 0 Å². The molecule has 0 atom stereocenters. The molecule has 0 unspecified atom stereocenters. The molecule has 0 amide bonds. The predicted octanol–water partition coefficient (Wildman–Crippen LogP) is 3.13. The molecule has 1 aliphatic rings. The highest BCUT2D eigenvalue weighted by atomic mass is 16.6. The van der Waals surface area contributed by atoms with Gasteiger partial charge in [0.1, 0.15) is 13.2 Å². The third-order valence-corrected chi connectivity index (χ3v) is 3.34. The normalized spacial score (nSPS) is 13.1. The average Bonchev–Trinajstić information content (AvgIpc) is 2.47. The van der Waals surface area contributed by atoms with Crippen molar-refractivity contribution in [1.82, 2.24) is 0 Å². The van der Waals surface area contributed by atoms with E-state index in [4.69, 9.17) is 14.6 Å². The summed E-state index contributed by atoms with van der Waals surface area (Å²) in [5.74, 6) is 0.504. The number of aryl methyl sites for hydroxylation is 1. The molecule has 20 heavy (non-hydrogen) atoms. The van der Waals surface area contributed by atoms with Gasteiger partial charge >= 0.3 is 5.97 Å². The number of rotatable bonds is 2. The minimum atomic E-state index is -0.927. The minimum absolute atomic E-state index is 0.278. The van der Waals surface area contributed by atoms with Crippen LogP contribution in [0.2, 0.25) is 0 Å². The molecular weight excluding hydrogens is 256 g/mol. The smallest absolute Gasteiger partial charge is 0.335 e. The second-order valence-corrected chi connectivity index (χ2v) is 4.69. The van der Waals surface area contributed by atoms with Gasteiger partial charge < -0.3 is 14.6 Å². The molecule has 0 saturated heterocycles. The Morgan fingerprint density at radius 1 is 1.05 bits per heavy atom. The van der Waals surface area contributed by atoms with E-state index in [0.29, 0.717) is 19.0 Å². The molecule has 1 heterocycles. The number of aromatic carboxylic acids is 1. The van der Waals surface area contributed by atoms with Crippen LogP contribution in [0.4, 0.5) is 0 Å². The van der Waals surface area contributed by atoms with E-state index in [1.165, 1.54) is 0 Å². The maximum atomic E-state index is 11.1. The Kier molecular flexibility index (Phi) is 3.06. The first-order chi connectivity index (χ1) is 9.65. The van der Waals surface area contributed by atoms with Crippen molar-refractivity contribution >= 4 is 5.97 Å². The number of carboxylic acid groups (broad SMARTS) is 1. The lowest BCUT2D eigenvalue weighted by Crippen LogP contribution is -2.15. The van der Waals surface area contributed by atoms with E-state index in [1.807, 2.05) is 31.2 Å². The van der Waals surface area contributed by atoms with E-state index < -0.39 is 5.97 Å². The van der Waals surface area contributed by atoms with E-state index in [2.05, 4.69) is 0 Å². The van der Waals surface area contributed by atoms with Crippen molar-refractivity contribution in [2.75, 3.05) is 13.2 Å². The second kappa shape index (κ2) is 4.89. The van der Waals surface area contributed by atoms with Gasteiger partial charge in [-0.2, -0.15) is 0 Å². The summed E-state index contributed by atoms with van der Waals surface area (Å²) in [6.45, 7) is 3.04. The molecular formula is C16H14O4. The van der Waals surface area contributed by atoms with Gasteiger partial charge in [0.2, 0.25) is 0 Å². The zero-order valence-electron chi connectivity index (χ0n) is 11.1. The molecule has 3 rings (SSSR count). The van der Waals surface area contributed by atoms with Crippen LogP contribution in [-0.2, 0) is 0 Å². The number of ether oxygens (including phenoxy) is 2. The van der Waals surface area contributed by atoms with Crippen LogP contribution >= 0.6 is 0 Å². The SMILES string of the molecule is Cc1ccc(C(=O)O)cc1-c1ccc2c(c1)OCCO2. The molecule has 0 spiro atoms. The Morgan fingerprint density at radius 2 is 1.80 bits per heavy atom. The van der Waals surface area contributed by atoms with Gasteiger partial charge in [-0.1, -0.05) is 12.1 Å². The first-order valence-corrected chi connectivity index (χ1v) is 6.39. The lowest BCUT2D eigenvalue weighted by Gasteiger charge is -2.19. The Morgan fingerprint density at radius 3 is 2.55 bits per heavy atom. The summed E-state index contributed by atoms with van der Waals surface area (Å²) in [5.41, 5.74) is 3.11. The van der Waals surface area contributed by atoms with Crippen LogP contribution in [0, 0.1) is 6.92 Å². The second-order valence-electron chi connectivity index (χ2n) is 4.69. The molecule has 2 aromatic rings. The van der Waals surface area contributed by atoms with Crippen LogP contribution in [-0.4, -0.2) is 24.3 Å². The van der Waals surface area contributed by atoms with Crippen LogP contribution in [0.15, 0.2) is 36.4 Å². The molecule has 0 fully saturated rings. The summed E-state index contributed by atoms with van der Waals surface area (Å²) in [6, 6.07) is 10.8. The maximum absolute atomic E-state index is 11.1. The van der Waals surface area contributed by atoms with Crippen LogP contribution in [0.5, 0.6) is 11.5 Å². The summed E-state index contributed by atoms with van der Waals surface area (Å²) in [4.78, 5) is 11.1. The van der Waals surface area contributed by atoms with Gasteiger partial charge in [-0.3, -0.25) is 0 Å². The molecule has 102 valence electrons. The average molecular weight is 270 g/mol. The lowest BCUT2D eigenvalue weighted by atomic mass is 9.97. The van der Waals surface area contributed by atoms with Crippen molar-refractivity contribution in [2.45, 2.75) is 6.92 Å². The fraction of sp³-hybridized carbons (Fsp3) is 0.188. The van der Waals surface area contributed by atoms with Gasteiger partial charge in [0.05, 0.1) is 5.56 Å². The van der Waals surface area contributed by atoms with Crippen molar-refractivity contribution in [3.8, 4) is 22.6 Å². The molecule has 0 radical (unpaired) electrons. The Labute approximate surface area is 116 Å². The van der Waals surface area contributed by atoms with Gasteiger partial charge in [0, 0.05) is 0 Å². The number of hydrogen-bond donors (Lipinski definition) is 1. The number of benzene rings is 2. The predicted molar refractivity (Wildman–Crippen MR) is 74.6 cm³/mol. The highest BCUT2D eigenvalue weighted by Crippen LogP contribution is 2.35. The Bertz CT molecular complexity index is 676. The van der Waals surface area contributed by atoms with Gasteiger partial charge in [0.25, 0.3) is 0 Å². The lowest BCUT2D eigenvalue weighted by molar-refractivity contribution is 0.0697. The monoisotopic (exact) mass is 270 g/mol. The highest BCUT2D eigenvalue weighted by molar-refractivity contribution is 5.90. The molecule has 4 nitrogen and oxygen atoms in total. The highest BCUT2D eigenvalue weighted by Gasteiger charge is 2.14. The zero-order valence-corrected chi connectivity index (χ0v) is 11.1. The van der Waals surface area contributed by atoms with Crippen LogP contribution in [0.25, 0.3) is 11.1 Å². The summed E-state index contributed by atoms with van der Waals surface area (Å²) in [7, 11) is 0. The molecule has 4 heteroatoms. The zero-order chi connectivity index (χ0) is 14.1. The standard InChI is InChI=1S/C16H14O4/c1-10-2-3-12(16(17)18)8-13(10)11-4-5-14-15(9-11)20-7-6-19-14/h2-5,8-9H,6-7H2,1H3,(H,17,18). The first-order valence-electron chi connectivity index (χ1n) is 6.39. The van der Waals surface area contributed by atoms with Gasteiger partial charge in [0.15, 0.2) is 11.5 Å². The fourth-order valence-corrected chi connectivity index (χ4v) is 2.28. The van der Waals surface area contributed by atoms with Crippen molar-refractivity contribution in [2.24, 2.45) is 0 Å². The van der Waals surface area contributed by atoms with Crippen molar-refractivity contribution in [3.05, 3.63) is 47.5 Å². The molecule has 2 aromatic carbocycles. The molecule has 0 bridgehead atoms. The molecule has 0 aromatic heterocycles. The summed E-state index contributed by atoms with van der Waals surface area (Å²) in [5, 5.41) is 9.09. The quantitative estimate of drug-likeness (QED) is 0.910. The van der Waals surface area contributed by atoms with E-state index in [0.717, 1.165) is 22.4 Å². The van der Waals surface area contributed by atoms with Gasteiger partial charge in [-0.15, -0.1) is 0 Å². The maximum Gasteiger partial charge on any atom is 0.335 e. The van der Waals surface area contributed by atoms with E-state index in [9.17, 15) is 4.79 Å². The largest absolute Gasteiger partial charge is 0.486 e. The summed E-state index contributed by atoms with van der Waals surface area (Å²) in [6.07, 6.45) is 0. The number of carbonyl (C=O) groups is 1. The molecule has 1 aliphatic heterocycles. The van der Waals surface area contributed by atoms with E-state index in [-0.39, 0.29) is 5.56 Å². The molecule has 0 aliphatic carbocycles. The third kappa shape index (κ3) is 2.20. The topological polar surface area (TPSA) is 55.8 Å². The summed E-state index contributed by atoms with van der Waals surface area (Å²) >= 11 is 0. The first kappa shape index (κ1) is 12.5. The Balaban J connectivity index is 2.08. The number of carboxylic acids is 1. The van der Waals surface area contributed by atoms with Crippen molar-refractivity contribution in [3.63, 3.8) is 0 Å². The van der Waals surface area contributed by atoms with Crippen molar-refractivity contribution < 1.29 is 19.4 Å². The minimum Gasteiger partial charge on any atom is -0.486 e. The van der Waals surface area contributed by atoms with Gasteiger partial charge in [-0.05, 0) is 47.9 Å². The van der Waals surface area contributed by atoms with Crippen LogP contribution < -0.4 is 9.47 Å². The van der Waals surface area contributed by atoms with Crippen molar-refractivity contribution in [1.29, 1.82) is 0 Å². The van der Waals surface area contributed by atoms with Gasteiger partial charge in [-0.25, -0.2) is 4.79 Å². The fourth-order valence-electron chi connectivity index (χ4n) is 2.28. The van der Waals surface area contributed by atoms with Crippen LogP contribution in [0.1, 0.15) is 15.9 Å². The van der Waals surface area contributed by atoms with E-state index in [1.54, 1.807) is 12.1 Å². The van der Waals surface area contributed by atoms with E-state index >= 15 is 0 Å². The Hall–Kier alpha value is -2.49. The molecule has 1 N–H and O–H groups in total.